The summed E-state index contributed by atoms with van der Waals surface area (Å²) in [6.07, 6.45) is 6.65. The minimum atomic E-state index is 0.487. The number of aryl methyl sites for hydroxylation is 1. The molecule has 3 rings (SSSR count). The number of methoxy groups -OCH3 is 1. The molecule has 1 aliphatic heterocycles. The van der Waals surface area contributed by atoms with Crippen LogP contribution in [0.1, 0.15) is 18.4 Å². The van der Waals surface area contributed by atoms with E-state index in [9.17, 15) is 0 Å². The van der Waals surface area contributed by atoms with Crippen molar-refractivity contribution < 1.29 is 4.74 Å². The molecule has 86 valence electrons. The Hall–Kier alpha value is -1.16. The van der Waals surface area contributed by atoms with E-state index in [0.29, 0.717) is 11.5 Å². The van der Waals surface area contributed by atoms with Gasteiger partial charge in [-0.1, -0.05) is 0 Å². The van der Waals surface area contributed by atoms with Crippen molar-refractivity contribution in [2.24, 2.45) is 5.41 Å². The van der Waals surface area contributed by atoms with Gasteiger partial charge in [-0.3, -0.25) is 0 Å². The Morgan fingerprint density at radius 3 is 2.50 bits per heavy atom. The van der Waals surface area contributed by atoms with E-state index in [1.165, 1.54) is 12.8 Å². The van der Waals surface area contributed by atoms with Crippen molar-refractivity contribution in [2.75, 3.05) is 25.1 Å². The fraction of sp³-hybridized carbons (Fsp3) is 0.667. The van der Waals surface area contributed by atoms with Crippen molar-refractivity contribution in [1.82, 2.24) is 9.97 Å². The Labute approximate surface area is 95.7 Å². The van der Waals surface area contributed by atoms with Crippen LogP contribution in [0.4, 0.5) is 5.95 Å². The molecule has 1 aromatic rings. The number of aromatic nitrogens is 2. The summed E-state index contributed by atoms with van der Waals surface area (Å²) in [6, 6.07) is 0. The smallest absolute Gasteiger partial charge is 0.225 e. The lowest BCUT2D eigenvalue weighted by Crippen LogP contribution is -2.64. The normalized spacial score (nSPS) is 23.0. The van der Waals surface area contributed by atoms with Crippen LogP contribution >= 0.6 is 0 Å². The number of nitrogens with zero attached hydrogens (tertiary/aromatic N) is 3. The molecular weight excluding hydrogens is 202 g/mol. The van der Waals surface area contributed by atoms with Crippen molar-refractivity contribution in [2.45, 2.75) is 25.9 Å². The summed E-state index contributed by atoms with van der Waals surface area (Å²) in [5.41, 5.74) is 1.62. The van der Waals surface area contributed by atoms with Gasteiger partial charge in [0.15, 0.2) is 0 Å². The van der Waals surface area contributed by atoms with E-state index < -0.39 is 0 Å². The molecule has 1 aliphatic carbocycles. The second kappa shape index (κ2) is 3.42. The summed E-state index contributed by atoms with van der Waals surface area (Å²) in [7, 11) is 1.80. The zero-order chi connectivity index (χ0) is 11.2. The topological polar surface area (TPSA) is 38.2 Å². The molecule has 0 atom stereocenters. The second-order valence-corrected chi connectivity index (χ2v) is 5.18. The van der Waals surface area contributed by atoms with Gasteiger partial charge in [-0.25, -0.2) is 9.97 Å². The maximum Gasteiger partial charge on any atom is 0.225 e. The van der Waals surface area contributed by atoms with Crippen LogP contribution < -0.4 is 4.90 Å². The highest BCUT2D eigenvalue weighted by Crippen LogP contribution is 2.49. The first-order chi connectivity index (χ1) is 7.71. The highest BCUT2D eigenvalue weighted by molar-refractivity contribution is 5.37. The zero-order valence-electron chi connectivity index (χ0n) is 9.81. The van der Waals surface area contributed by atoms with Crippen LogP contribution in [0.15, 0.2) is 12.4 Å². The van der Waals surface area contributed by atoms with E-state index in [1.807, 2.05) is 19.3 Å². The molecule has 4 nitrogen and oxygen atoms in total. The van der Waals surface area contributed by atoms with Gasteiger partial charge in [0.25, 0.3) is 0 Å². The molecule has 0 aromatic carbocycles. The number of anilines is 1. The van der Waals surface area contributed by atoms with Crippen molar-refractivity contribution in [3.8, 4) is 0 Å². The summed E-state index contributed by atoms with van der Waals surface area (Å²) >= 11 is 0. The van der Waals surface area contributed by atoms with E-state index in [2.05, 4.69) is 14.9 Å². The standard InChI is InChI=1S/C12H17N3O/c1-9-5-13-11(14-6-9)15-7-12(8-15)3-10(4-12)16-2/h5-6,10H,3-4,7-8H2,1-2H3. The lowest BCUT2D eigenvalue weighted by Gasteiger charge is -2.58. The van der Waals surface area contributed by atoms with Crippen LogP contribution in [0.2, 0.25) is 0 Å². The van der Waals surface area contributed by atoms with Crippen molar-refractivity contribution in [1.29, 1.82) is 0 Å². The van der Waals surface area contributed by atoms with E-state index in [1.54, 1.807) is 7.11 Å². The van der Waals surface area contributed by atoms with Gasteiger partial charge in [0.1, 0.15) is 0 Å². The molecule has 0 unspecified atom stereocenters. The lowest BCUT2D eigenvalue weighted by molar-refractivity contribution is -0.0735. The van der Waals surface area contributed by atoms with Crippen LogP contribution in [0.25, 0.3) is 0 Å². The third kappa shape index (κ3) is 1.48. The van der Waals surface area contributed by atoms with E-state index in [4.69, 9.17) is 4.74 Å². The highest BCUT2D eigenvalue weighted by atomic mass is 16.5. The van der Waals surface area contributed by atoms with Crippen molar-refractivity contribution in [3.63, 3.8) is 0 Å². The molecule has 2 fully saturated rings. The first-order valence-electron chi connectivity index (χ1n) is 5.77. The molecule has 2 heterocycles. The van der Waals surface area contributed by atoms with Crippen LogP contribution in [0.5, 0.6) is 0 Å². The number of hydrogen-bond acceptors (Lipinski definition) is 4. The summed E-state index contributed by atoms with van der Waals surface area (Å²) in [6.45, 7) is 4.20. The molecular formula is C12H17N3O. The highest BCUT2D eigenvalue weighted by Gasteiger charge is 2.53. The lowest BCUT2D eigenvalue weighted by atomic mass is 9.62. The summed E-state index contributed by atoms with van der Waals surface area (Å²) < 4.78 is 5.32. The van der Waals surface area contributed by atoms with E-state index in [-0.39, 0.29) is 0 Å². The molecule has 4 heteroatoms. The van der Waals surface area contributed by atoms with Gasteiger partial charge in [-0.05, 0) is 25.3 Å². The van der Waals surface area contributed by atoms with Gasteiger partial charge in [-0.2, -0.15) is 0 Å². The first-order valence-corrected chi connectivity index (χ1v) is 5.77. The van der Waals surface area contributed by atoms with Gasteiger partial charge in [0.05, 0.1) is 6.10 Å². The number of rotatable bonds is 2. The number of ether oxygens (including phenoxy) is 1. The quantitative estimate of drug-likeness (QED) is 0.753. The van der Waals surface area contributed by atoms with Crippen LogP contribution in [0, 0.1) is 12.3 Å². The Morgan fingerprint density at radius 1 is 1.31 bits per heavy atom. The van der Waals surface area contributed by atoms with Crippen LogP contribution in [-0.2, 0) is 4.74 Å². The fourth-order valence-electron chi connectivity index (χ4n) is 2.78. The molecule has 0 bridgehead atoms. The number of hydrogen-bond donors (Lipinski definition) is 0. The van der Waals surface area contributed by atoms with Gasteiger partial charge in [-0.15, -0.1) is 0 Å². The third-order valence-corrected chi connectivity index (χ3v) is 3.76. The monoisotopic (exact) mass is 219 g/mol. The maximum absolute atomic E-state index is 5.32. The summed E-state index contributed by atoms with van der Waals surface area (Å²) in [5, 5.41) is 0. The first kappa shape index (κ1) is 10.0. The predicted octanol–water partition coefficient (Wildman–Crippen LogP) is 1.40. The van der Waals surface area contributed by atoms with Crippen LogP contribution in [0.3, 0.4) is 0 Å². The average Bonchev–Trinajstić information content (AvgIpc) is 2.17. The van der Waals surface area contributed by atoms with Gasteiger partial charge < -0.3 is 9.64 Å². The fourth-order valence-corrected chi connectivity index (χ4v) is 2.78. The largest absolute Gasteiger partial charge is 0.381 e. The van der Waals surface area contributed by atoms with Gasteiger partial charge >= 0.3 is 0 Å². The molecule has 2 aliphatic rings. The molecule has 0 N–H and O–H groups in total. The van der Waals surface area contributed by atoms with E-state index >= 15 is 0 Å². The maximum atomic E-state index is 5.32. The Morgan fingerprint density at radius 2 is 1.94 bits per heavy atom. The summed E-state index contributed by atoms with van der Waals surface area (Å²) in [5.74, 6) is 0.872. The van der Waals surface area contributed by atoms with Gasteiger partial charge in [0, 0.05) is 38.0 Å². The van der Waals surface area contributed by atoms with E-state index in [0.717, 1.165) is 24.6 Å². The zero-order valence-corrected chi connectivity index (χ0v) is 9.81. The Bertz CT molecular complexity index is 376. The minimum absolute atomic E-state index is 0.487. The Kier molecular flexibility index (Phi) is 2.14. The second-order valence-electron chi connectivity index (χ2n) is 5.18. The Balaban J connectivity index is 1.60. The molecule has 0 amide bonds. The molecule has 1 spiro atoms. The summed E-state index contributed by atoms with van der Waals surface area (Å²) in [4.78, 5) is 10.9. The van der Waals surface area contributed by atoms with Crippen molar-refractivity contribution in [3.05, 3.63) is 18.0 Å². The molecule has 1 saturated heterocycles. The van der Waals surface area contributed by atoms with Crippen molar-refractivity contribution >= 4 is 5.95 Å². The van der Waals surface area contributed by atoms with Crippen LogP contribution in [-0.4, -0.2) is 36.3 Å². The molecule has 16 heavy (non-hydrogen) atoms. The molecule has 1 aromatic heterocycles. The minimum Gasteiger partial charge on any atom is -0.381 e. The average molecular weight is 219 g/mol. The molecule has 1 saturated carbocycles. The third-order valence-electron chi connectivity index (χ3n) is 3.76. The SMILES string of the molecule is COC1CC2(C1)CN(c1ncc(C)cn1)C2. The molecule has 0 radical (unpaired) electrons. The predicted molar refractivity (Wildman–Crippen MR) is 61.4 cm³/mol. The van der Waals surface area contributed by atoms with Gasteiger partial charge in [0.2, 0.25) is 5.95 Å².